The van der Waals surface area contributed by atoms with E-state index in [1.807, 2.05) is 0 Å². The molecule has 3 aliphatic rings. The minimum absolute atomic E-state index is 0.0927. The predicted molar refractivity (Wildman–Crippen MR) is 85.0 cm³/mol. The van der Waals surface area contributed by atoms with E-state index < -0.39 is 12.2 Å². The fourth-order valence-corrected chi connectivity index (χ4v) is 5.67. The Kier molecular flexibility index (Phi) is 3.28. The average Bonchev–Trinajstić information content (AvgIpc) is 2.77. The number of ether oxygens (including phenoxy) is 1. The third kappa shape index (κ3) is 1.88. The summed E-state index contributed by atoms with van der Waals surface area (Å²) in [4.78, 5) is 0. The van der Waals surface area contributed by atoms with Crippen LogP contribution >= 0.6 is 0 Å². The van der Waals surface area contributed by atoms with Crippen molar-refractivity contribution < 1.29 is 14.9 Å². The van der Waals surface area contributed by atoms with Gasteiger partial charge in [-0.2, -0.15) is 0 Å². The Labute approximate surface area is 132 Å². The summed E-state index contributed by atoms with van der Waals surface area (Å²) in [5.41, 5.74) is 2.82. The van der Waals surface area contributed by atoms with Gasteiger partial charge >= 0.3 is 0 Å². The SMILES string of the molecule is COc1ccc2c(c1)CCC1[C@@H]2CC[C@]2(C)[C@H](O)[C@H](O)C[C@@H]12. The van der Waals surface area contributed by atoms with Crippen LogP contribution in [0.15, 0.2) is 18.2 Å². The fourth-order valence-electron chi connectivity index (χ4n) is 5.67. The molecule has 0 heterocycles. The zero-order chi connectivity index (χ0) is 15.5. The molecule has 0 amide bonds. The lowest BCUT2D eigenvalue weighted by Gasteiger charge is -2.49. The highest BCUT2D eigenvalue weighted by Gasteiger charge is 2.57. The lowest BCUT2D eigenvalue weighted by atomic mass is 9.55. The molecule has 1 unspecified atom stereocenters. The van der Waals surface area contributed by atoms with Crippen molar-refractivity contribution in [3.63, 3.8) is 0 Å². The Balaban J connectivity index is 1.69. The molecule has 4 rings (SSSR count). The molecule has 0 radical (unpaired) electrons. The highest BCUT2D eigenvalue weighted by atomic mass is 16.5. The summed E-state index contributed by atoms with van der Waals surface area (Å²) in [6.45, 7) is 2.19. The minimum atomic E-state index is -0.546. The maximum atomic E-state index is 10.4. The molecule has 6 atom stereocenters. The van der Waals surface area contributed by atoms with Crippen molar-refractivity contribution >= 4 is 0 Å². The number of methoxy groups -OCH3 is 1. The zero-order valence-electron chi connectivity index (χ0n) is 13.5. The van der Waals surface area contributed by atoms with Crippen LogP contribution in [0.25, 0.3) is 0 Å². The Morgan fingerprint density at radius 2 is 2.05 bits per heavy atom. The molecule has 0 aromatic heterocycles. The van der Waals surface area contributed by atoms with Crippen molar-refractivity contribution in [2.45, 2.75) is 57.2 Å². The molecule has 120 valence electrons. The van der Waals surface area contributed by atoms with Crippen LogP contribution in [0.1, 0.15) is 49.7 Å². The first-order valence-electron chi connectivity index (χ1n) is 8.57. The number of benzene rings is 1. The highest BCUT2D eigenvalue weighted by Crippen LogP contribution is 2.60. The van der Waals surface area contributed by atoms with Crippen LogP contribution in [-0.2, 0) is 6.42 Å². The van der Waals surface area contributed by atoms with Gasteiger partial charge in [-0.3, -0.25) is 0 Å². The van der Waals surface area contributed by atoms with E-state index in [1.54, 1.807) is 7.11 Å². The summed E-state index contributed by atoms with van der Waals surface area (Å²) in [5.74, 6) is 2.59. The molecule has 1 aromatic carbocycles. The van der Waals surface area contributed by atoms with Crippen LogP contribution < -0.4 is 4.74 Å². The summed E-state index contributed by atoms with van der Waals surface area (Å²) in [6.07, 6.45) is 4.09. The van der Waals surface area contributed by atoms with Gasteiger partial charge in [-0.25, -0.2) is 0 Å². The smallest absolute Gasteiger partial charge is 0.119 e. The number of aliphatic hydroxyl groups excluding tert-OH is 2. The van der Waals surface area contributed by atoms with Crippen molar-refractivity contribution in [2.24, 2.45) is 17.3 Å². The number of rotatable bonds is 1. The van der Waals surface area contributed by atoms with Gasteiger partial charge in [0.1, 0.15) is 5.75 Å². The van der Waals surface area contributed by atoms with Gasteiger partial charge < -0.3 is 14.9 Å². The van der Waals surface area contributed by atoms with E-state index in [4.69, 9.17) is 4.74 Å². The van der Waals surface area contributed by atoms with Crippen molar-refractivity contribution in [2.75, 3.05) is 7.11 Å². The van der Waals surface area contributed by atoms with Gasteiger partial charge in [-0.15, -0.1) is 0 Å². The van der Waals surface area contributed by atoms with Crippen LogP contribution in [-0.4, -0.2) is 29.5 Å². The standard InChI is InChI=1S/C19H26O3/c1-19-8-7-14-13-6-4-12(22-2)9-11(13)3-5-15(14)16(19)10-17(20)18(19)21/h4,6,9,14-18,20-21H,3,5,7-8,10H2,1-2H3/t14-,15?,16+,17-,18-,19+/m1/s1. The van der Waals surface area contributed by atoms with Crippen LogP contribution in [0.3, 0.4) is 0 Å². The third-order valence-corrected chi connectivity index (χ3v) is 6.91. The van der Waals surface area contributed by atoms with E-state index in [-0.39, 0.29) is 5.41 Å². The molecule has 0 saturated heterocycles. The zero-order valence-corrected chi connectivity index (χ0v) is 13.5. The molecular formula is C19H26O3. The quantitative estimate of drug-likeness (QED) is 0.838. The van der Waals surface area contributed by atoms with E-state index in [9.17, 15) is 10.2 Å². The largest absolute Gasteiger partial charge is 0.497 e. The van der Waals surface area contributed by atoms with Crippen molar-refractivity contribution in [1.29, 1.82) is 0 Å². The van der Waals surface area contributed by atoms with Gasteiger partial charge in [0.2, 0.25) is 0 Å². The third-order valence-electron chi connectivity index (χ3n) is 6.91. The minimum Gasteiger partial charge on any atom is -0.497 e. The highest BCUT2D eigenvalue weighted by molar-refractivity contribution is 5.40. The van der Waals surface area contributed by atoms with Crippen LogP contribution in [0.5, 0.6) is 5.75 Å². The molecule has 2 fully saturated rings. The lowest BCUT2D eigenvalue weighted by molar-refractivity contribution is -0.0505. The molecule has 3 aliphatic carbocycles. The molecule has 0 spiro atoms. The Hall–Kier alpha value is -1.06. The second-order valence-corrected chi connectivity index (χ2v) is 7.77. The van der Waals surface area contributed by atoms with Crippen LogP contribution in [0.4, 0.5) is 0 Å². The molecule has 0 aliphatic heterocycles. The number of hydrogen-bond donors (Lipinski definition) is 2. The maximum absolute atomic E-state index is 10.4. The molecule has 0 bridgehead atoms. The van der Waals surface area contributed by atoms with Gasteiger partial charge in [0.15, 0.2) is 0 Å². The van der Waals surface area contributed by atoms with Crippen LogP contribution in [0, 0.1) is 17.3 Å². The normalized spacial score (nSPS) is 43.2. The molecule has 2 N–H and O–H groups in total. The number of fused-ring (bicyclic) bond motifs is 5. The summed E-state index contributed by atoms with van der Waals surface area (Å²) >= 11 is 0. The van der Waals surface area contributed by atoms with Gasteiger partial charge in [0.25, 0.3) is 0 Å². The second kappa shape index (κ2) is 4.97. The molecule has 3 nitrogen and oxygen atoms in total. The van der Waals surface area contributed by atoms with E-state index in [0.717, 1.165) is 31.4 Å². The monoisotopic (exact) mass is 302 g/mol. The average molecular weight is 302 g/mol. The number of hydrogen-bond acceptors (Lipinski definition) is 3. The fraction of sp³-hybridized carbons (Fsp3) is 0.684. The molecule has 3 heteroatoms. The molecule has 1 aromatic rings. The van der Waals surface area contributed by atoms with Gasteiger partial charge in [0, 0.05) is 0 Å². The van der Waals surface area contributed by atoms with Crippen molar-refractivity contribution in [3.05, 3.63) is 29.3 Å². The Bertz CT molecular complexity index is 584. The van der Waals surface area contributed by atoms with Crippen molar-refractivity contribution in [3.8, 4) is 5.75 Å². The van der Waals surface area contributed by atoms with Crippen LogP contribution in [0.2, 0.25) is 0 Å². The van der Waals surface area contributed by atoms with E-state index >= 15 is 0 Å². The van der Waals surface area contributed by atoms with Gasteiger partial charge in [-0.05, 0) is 78.5 Å². The van der Waals surface area contributed by atoms with E-state index in [2.05, 4.69) is 25.1 Å². The molecular weight excluding hydrogens is 276 g/mol. The molecule has 2 saturated carbocycles. The van der Waals surface area contributed by atoms with Gasteiger partial charge in [-0.1, -0.05) is 13.0 Å². The first-order valence-corrected chi connectivity index (χ1v) is 8.57. The lowest BCUT2D eigenvalue weighted by Crippen LogP contribution is -2.44. The second-order valence-electron chi connectivity index (χ2n) is 7.77. The van der Waals surface area contributed by atoms with Gasteiger partial charge in [0.05, 0.1) is 19.3 Å². The topological polar surface area (TPSA) is 49.7 Å². The maximum Gasteiger partial charge on any atom is 0.119 e. The van der Waals surface area contributed by atoms with Crippen molar-refractivity contribution in [1.82, 2.24) is 0 Å². The summed E-state index contributed by atoms with van der Waals surface area (Å²) in [7, 11) is 1.72. The number of aliphatic hydroxyl groups is 2. The summed E-state index contributed by atoms with van der Waals surface area (Å²) in [6, 6.07) is 6.51. The first-order chi connectivity index (χ1) is 10.5. The Morgan fingerprint density at radius 3 is 2.82 bits per heavy atom. The summed E-state index contributed by atoms with van der Waals surface area (Å²) in [5, 5.41) is 20.6. The van der Waals surface area contributed by atoms with E-state index in [1.165, 1.54) is 17.5 Å². The molecule has 22 heavy (non-hydrogen) atoms. The Morgan fingerprint density at radius 1 is 1.23 bits per heavy atom. The number of aryl methyl sites for hydroxylation is 1. The van der Waals surface area contributed by atoms with E-state index in [0.29, 0.717) is 17.8 Å². The summed E-state index contributed by atoms with van der Waals surface area (Å²) < 4.78 is 5.36. The first kappa shape index (κ1) is 14.5. The predicted octanol–water partition coefficient (Wildman–Crippen LogP) is 2.88.